The molecule has 0 aliphatic carbocycles. The zero-order valence-electron chi connectivity index (χ0n) is 17.2. The molecule has 1 aliphatic heterocycles. The van der Waals surface area contributed by atoms with Gasteiger partial charge in [0.25, 0.3) is 0 Å². The number of rotatable bonds is 6. The summed E-state index contributed by atoms with van der Waals surface area (Å²) in [6.45, 7) is 3.45. The van der Waals surface area contributed by atoms with E-state index in [0.29, 0.717) is 24.0 Å². The molecule has 0 saturated carbocycles. The van der Waals surface area contributed by atoms with Crippen molar-refractivity contribution in [2.24, 2.45) is 0 Å². The van der Waals surface area contributed by atoms with E-state index < -0.39 is 0 Å². The van der Waals surface area contributed by atoms with Crippen molar-refractivity contribution < 1.29 is 4.39 Å². The first-order chi connectivity index (χ1) is 14.6. The molecule has 30 heavy (non-hydrogen) atoms. The van der Waals surface area contributed by atoms with Crippen molar-refractivity contribution in [3.8, 4) is 0 Å². The SMILES string of the molecule is CN(C)c1nccc(NCc2ccc(N3CCN(c4ncccn4)CC3)c(F)c2)n1. The number of piperazine rings is 1. The number of nitrogens with zero attached hydrogens (tertiary/aromatic N) is 7. The second-order valence-corrected chi connectivity index (χ2v) is 7.30. The molecule has 1 saturated heterocycles. The molecule has 2 aromatic heterocycles. The second-order valence-electron chi connectivity index (χ2n) is 7.30. The van der Waals surface area contributed by atoms with E-state index in [1.54, 1.807) is 36.8 Å². The fraction of sp³-hybridized carbons (Fsp3) is 0.333. The quantitative estimate of drug-likeness (QED) is 0.667. The lowest BCUT2D eigenvalue weighted by molar-refractivity contribution is 0.592. The monoisotopic (exact) mass is 408 g/mol. The molecule has 1 fully saturated rings. The third-order valence-electron chi connectivity index (χ3n) is 4.98. The molecule has 3 heterocycles. The van der Waals surface area contributed by atoms with Gasteiger partial charge in [0.05, 0.1) is 5.69 Å². The van der Waals surface area contributed by atoms with Gasteiger partial charge in [-0.2, -0.15) is 4.98 Å². The molecule has 4 rings (SSSR count). The van der Waals surface area contributed by atoms with Crippen molar-refractivity contribution >= 4 is 23.4 Å². The van der Waals surface area contributed by atoms with Crippen LogP contribution in [0.1, 0.15) is 5.56 Å². The molecule has 0 spiro atoms. The average Bonchev–Trinajstić information content (AvgIpc) is 2.79. The van der Waals surface area contributed by atoms with Crippen molar-refractivity contribution in [3.05, 3.63) is 60.3 Å². The molecule has 1 aliphatic rings. The molecule has 8 nitrogen and oxygen atoms in total. The molecule has 0 amide bonds. The number of halogens is 1. The van der Waals surface area contributed by atoms with Crippen molar-refractivity contribution in [3.63, 3.8) is 0 Å². The van der Waals surface area contributed by atoms with E-state index >= 15 is 0 Å². The van der Waals surface area contributed by atoms with Crippen LogP contribution < -0.4 is 20.0 Å². The van der Waals surface area contributed by atoms with Crippen LogP contribution in [0.25, 0.3) is 0 Å². The highest BCUT2D eigenvalue weighted by atomic mass is 19.1. The Bertz CT molecular complexity index is 974. The van der Waals surface area contributed by atoms with Gasteiger partial charge in [0.15, 0.2) is 0 Å². The predicted octanol–water partition coefficient (Wildman–Crippen LogP) is 2.41. The zero-order valence-corrected chi connectivity index (χ0v) is 17.2. The minimum atomic E-state index is -0.213. The fourth-order valence-corrected chi connectivity index (χ4v) is 3.37. The van der Waals surface area contributed by atoms with E-state index in [0.717, 1.165) is 37.7 Å². The Labute approximate surface area is 175 Å². The van der Waals surface area contributed by atoms with Crippen LogP contribution in [0.5, 0.6) is 0 Å². The highest BCUT2D eigenvalue weighted by Crippen LogP contribution is 2.23. The number of hydrogen-bond donors (Lipinski definition) is 1. The summed E-state index contributed by atoms with van der Waals surface area (Å²) in [6, 6.07) is 8.99. The highest BCUT2D eigenvalue weighted by Gasteiger charge is 2.21. The number of hydrogen-bond acceptors (Lipinski definition) is 8. The lowest BCUT2D eigenvalue weighted by Crippen LogP contribution is -2.47. The number of anilines is 4. The summed E-state index contributed by atoms with van der Waals surface area (Å²) >= 11 is 0. The summed E-state index contributed by atoms with van der Waals surface area (Å²) in [7, 11) is 3.78. The van der Waals surface area contributed by atoms with Crippen LogP contribution in [0, 0.1) is 5.82 Å². The Morgan fingerprint density at radius 1 is 0.967 bits per heavy atom. The standard InChI is InChI=1S/C21H25FN8/c1-28(2)21-25-9-6-19(27-21)26-15-16-4-5-18(17(22)14-16)29-10-12-30(13-11-29)20-23-7-3-8-24-20/h3-9,14H,10-13,15H2,1-2H3,(H,25,26,27). The average molecular weight is 408 g/mol. The summed E-state index contributed by atoms with van der Waals surface area (Å²) < 4.78 is 14.8. The molecule has 156 valence electrons. The van der Waals surface area contributed by atoms with E-state index in [1.165, 1.54) is 0 Å². The van der Waals surface area contributed by atoms with Crippen LogP contribution >= 0.6 is 0 Å². The van der Waals surface area contributed by atoms with Crippen LogP contribution in [0.15, 0.2) is 48.9 Å². The van der Waals surface area contributed by atoms with Crippen LogP contribution in [0.4, 0.5) is 27.8 Å². The normalized spacial score (nSPS) is 14.0. The van der Waals surface area contributed by atoms with Crippen molar-refractivity contribution in [2.45, 2.75) is 6.54 Å². The minimum Gasteiger partial charge on any atom is -0.366 e. The first kappa shape index (κ1) is 19.8. The van der Waals surface area contributed by atoms with Gasteiger partial charge >= 0.3 is 0 Å². The maximum Gasteiger partial charge on any atom is 0.226 e. The predicted molar refractivity (Wildman–Crippen MR) is 117 cm³/mol. The second kappa shape index (κ2) is 8.89. The maximum atomic E-state index is 14.8. The van der Waals surface area contributed by atoms with Gasteiger partial charge in [-0.3, -0.25) is 0 Å². The number of benzene rings is 1. The summed E-state index contributed by atoms with van der Waals surface area (Å²) in [5.74, 6) is 1.84. The lowest BCUT2D eigenvalue weighted by atomic mass is 10.1. The maximum absolute atomic E-state index is 14.8. The van der Waals surface area contributed by atoms with Gasteiger partial charge in [-0.15, -0.1) is 0 Å². The summed E-state index contributed by atoms with van der Waals surface area (Å²) in [5.41, 5.74) is 1.49. The molecule has 1 aromatic carbocycles. The highest BCUT2D eigenvalue weighted by molar-refractivity contribution is 5.51. The number of nitrogens with one attached hydrogen (secondary N) is 1. The van der Waals surface area contributed by atoms with Crippen LogP contribution in [0.3, 0.4) is 0 Å². The van der Waals surface area contributed by atoms with Crippen LogP contribution in [-0.4, -0.2) is 60.2 Å². The van der Waals surface area contributed by atoms with Crippen LogP contribution in [-0.2, 0) is 6.54 Å². The first-order valence-corrected chi connectivity index (χ1v) is 9.90. The summed E-state index contributed by atoms with van der Waals surface area (Å²) in [6.07, 6.45) is 5.18. The first-order valence-electron chi connectivity index (χ1n) is 9.90. The van der Waals surface area contributed by atoms with Crippen LogP contribution in [0.2, 0.25) is 0 Å². The molecular formula is C21H25FN8. The molecule has 1 N–H and O–H groups in total. The topological polar surface area (TPSA) is 73.3 Å². The Morgan fingerprint density at radius 2 is 1.70 bits per heavy atom. The van der Waals surface area contributed by atoms with Crippen molar-refractivity contribution in [1.82, 2.24) is 19.9 Å². The van der Waals surface area contributed by atoms with E-state index in [2.05, 4.69) is 35.1 Å². The van der Waals surface area contributed by atoms with Gasteiger partial charge in [0.2, 0.25) is 11.9 Å². The summed E-state index contributed by atoms with van der Waals surface area (Å²) in [5, 5.41) is 3.23. The molecule has 9 heteroatoms. The van der Waals surface area contributed by atoms with Gasteiger partial charge < -0.3 is 20.0 Å². The zero-order chi connectivity index (χ0) is 20.9. The molecule has 0 bridgehead atoms. The molecule has 3 aromatic rings. The Hall–Kier alpha value is -3.49. The van der Waals surface area contributed by atoms with Gasteiger partial charge in [-0.1, -0.05) is 6.07 Å². The van der Waals surface area contributed by atoms with Gasteiger partial charge in [0, 0.05) is 65.4 Å². The number of aromatic nitrogens is 4. The Balaban J connectivity index is 1.36. The Morgan fingerprint density at radius 3 is 2.40 bits per heavy atom. The van der Waals surface area contributed by atoms with Crippen molar-refractivity contribution in [2.75, 3.05) is 60.3 Å². The van der Waals surface area contributed by atoms with Gasteiger partial charge in [0.1, 0.15) is 11.6 Å². The Kier molecular flexibility index (Phi) is 5.87. The molecule has 0 atom stereocenters. The van der Waals surface area contributed by atoms with E-state index in [9.17, 15) is 4.39 Å². The van der Waals surface area contributed by atoms with E-state index in [4.69, 9.17) is 0 Å². The summed E-state index contributed by atoms with van der Waals surface area (Å²) in [4.78, 5) is 23.2. The van der Waals surface area contributed by atoms with Crippen molar-refractivity contribution in [1.29, 1.82) is 0 Å². The van der Waals surface area contributed by atoms with Gasteiger partial charge in [-0.25, -0.2) is 19.3 Å². The van der Waals surface area contributed by atoms with E-state index in [-0.39, 0.29) is 5.82 Å². The third kappa shape index (κ3) is 4.56. The smallest absolute Gasteiger partial charge is 0.226 e. The molecule has 0 radical (unpaired) electrons. The largest absolute Gasteiger partial charge is 0.366 e. The van der Waals surface area contributed by atoms with E-state index in [1.807, 2.05) is 31.1 Å². The molecular weight excluding hydrogens is 383 g/mol. The third-order valence-corrected chi connectivity index (χ3v) is 4.98. The minimum absolute atomic E-state index is 0.213. The lowest BCUT2D eigenvalue weighted by Gasteiger charge is -2.36. The molecule has 0 unspecified atom stereocenters. The fourth-order valence-electron chi connectivity index (χ4n) is 3.37. The van der Waals surface area contributed by atoms with Gasteiger partial charge in [-0.05, 0) is 29.8 Å².